The normalized spacial score (nSPS) is 13.4. The zero-order valence-corrected chi connectivity index (χ0v) is 14.5. The highest BCUT2D eigenvalue weighted by Gasteiger charge is 2.35. The summed E-state index contributed by atoms with van der Waals surface area (Å²) in [7, 11) is 4.44. The Morgan fingerprint density at radius 1 is 1.33 bits per heavy atom. The maximum Gasteiger partial charge on any atom is 0.416 e. The monoisotopic (exact) mass is 348 g/mol. The lowest BCUT2D eigenvalue weighted by Gasteiger charge is -2.23. The fraction of sp³-hybridized carbons (Fsp3) is 0.625. The molecule has 0 fully saturated rings. The first-order valence-corrected chi connectivity index (χ1v) is 7.52. The number of methoxy groups -OCH3 is 1. The van der Waals surface area contributed by atoms with E-state index in [0.29, 0.717) is 12.5 Å². The Morgan fingerprint density at radius 3 is 2.33 bits per heavy atom. The summed E-state index contributed by atoms with van der Waals surface area (Å²) >= 11 is 0. The summed E-state index contributed by atoms with van der Waals surface area (Å²) in [6.45, 7) is 3.70. The molecule has 1 rings (SSSR count). The van der Waals surface area contributed by atoms with Crippen LogP contribution in [0.4, 0.5) is 13.2 Å². The molecule has 0 radical (unpaired) electrons. The largest absolute Gasteiger partial charge is 0.467 e. The van der Waals surface area contributed by atoms with Crippen molar-refractivity contribution < 1.29 is 22.7 Å². The van der Waals surface area contributed by atoms with Crippen molar-refractivity contribution >= 4 is 5.97 Å². The van der Waals surface area contributed by atoms with Crippen LogP contribution >= 0.6 is 0 Å². The van der Waals surface area contributed by atoms with Crippen molar-refractivity contribution in [3.05, 3.63) is 33.7 Å². The molecular weight excluding hydrogens is 325 g/mol. The van der Waals surface area contributed by atoms with Gasteiger partial charge in [0.05, 0.1) is 12.7 Å². The second-order valence-corrected chi connectivity index (χ2v) is 6.36. The average Bonchev–Trinajstić information content (AvgIpc) is 2.43. The molecule has 5 nitrogen and oxygen atoms in total. The van der Waals surface area contributed by atoms with Crippen LogP contribution in [-0.4, -0.2) is 36.6 Å². The molecule has 0 spiro atoms. The van der Waals surface area contributed by atoms with Crippen molar-refractivity contribution in [2.75, 3.05) is 21.2 Å². The molecule has 0 aliphatic heterocycles. The quantitative estimate of drug-likeness (QED) is 0.742. The van der Waals surface area contributed by atoms with Crippen molar-refractivity contribution in [1.82, 2.24) is 9.47 Å². The highest BCUT2D eigenvalue weighted by Crippen LogP contribution is 2.32. The Morgan fingerprint density at radius 2 is 1.92 bits per heavy atom. The average molecular weight is 348 g/mol. The van der Waals surface area contributed by atoms with E-state index in [-0.39, 0.29) is 18.0 Å². The predicted octanol–water partition coefficient (Wildman–Crippen LogP) is 2.69. The Bertz CT molecular complexity index is 636. The van der Waals surface area contributed by atoms with Crippen molar-refractivity contribution in [2.24, 2.45) is 5.92 Å². The number of hydrogen-bond donors (Lipinski definition) is 0. The van der Waals surface area contributed by atoms with Gasteiger partial charge in [0.25, 0.3) is 5.56 Å². The first-order valence-electron chi connectivity index (χ1n) is 7.52. The van der Waals surface area contributed by atoms with Gasteiger partial charge in [0.15, 0.2) is 0 Å². The Labute approximate surface area is 139 Å². The zero-order valence-electron chi connectivity index (χ0n) is 14.5. The molecule has 0 amide bonds. The Hall–Kier alpha value is -1.83. The van der Waals surface area contributed by atoms with Crippen LogP contribution in [0.3, 0.4) is 0 Å². The van der Waals surface area contributed by atoms with Gasteiger partial charge in [-0.1, -0.05) is 13.8 Å². The lowest BCUT2D eigenvalue weighted by molar-refractivity contribution is -0.145. The van der Waals surface area contributed by atoms with E-state index in [1.54, 1.807) is 19.0 Å². The summed E-state index contributed by atoms with van der Waals surface area (Å²) in [6.07, 6.45) is -3.23. The molecule has 0 aliphatic rings. The van der Waals surface area contributed by atoms with Gasteiger partial charge in [-0.2, -0.15) is 13.2 Å². The van der Waals surface area contributed by atoms with Gasteiger partial charge in [-0.3, -0.25) is 4.79 Å². The number of halogens is 3. The van der Waals surface area contributed by atoms with Gasteiger partial charge < -0.3 is 14.2 Å². The summed E-state index contributed by atoms with van der Waals surface area (Å²) < 4.78 is 45.3. The van der Waals surface area contributed by atoms with Gasteiger partial charge in [-0.25, -0.2) is 4.79 Å². The third-order valence-corrected chi connectivity index (χ3v) is 3.46. The first kappa shape index (κ1) is 20.2. The van der Waals surface area contributed by atoms with Gasteiger partial charge in [-0.15, -0.1) is 0 Å². The highest BCUT2D eigenvalue weighted by molar-refractivity contribution is 5.74. The molecule has 136 valence electrons. The number of rotatable bonds is 6. The third-order valence-electron chi connectivity index (χ3n) is 3.46. The van der Waals surface area contributed by atoms with E-state index < -0.39 is 29.3 Å². The number of aromatic nitrogens is 1. The van der Waals surface area contributed by atoms with Crippen LogP contribution in [0.1, 0.15) is 37.4 Å². The van der Waals surface area contributed by atoms with Crippen LogP contribution in [0.15, 0.2) is 17.1 Å². The third kappa shape index (κ3) is 5.09. The van der Waals surface area contributed by atoms with Crippen molar-refractivity contribution in [3.8, 4) is 0 Å². The van der Waals surface area contributed by atoms with E-state index in [2.05, 4.69) is 0 Å². The van der Waals surface area contributed by atoms with E-state index in [1.807, 2.05) is 13.8 Å². The van der Waals surface area contributed by atoms with Crippen molar-refractivity contribution in [3.63, 3.8) is 0 Å². The van der Waals surface area contributed by atoms with Gasteiger partial charge in [-0.05, 0) is 32.0 Å². The molecule has 24 heavy (non-hydrogen) atoms. The second-order valence-electron chi connectivity index (χ2n) is 6.36. The summed E-state index contributed by atoms with van der Waals surface area (Å²) in [5, 5.41) is 0. The van der Waals surface area contributed by atoms with Crippen LogP contribution in [0.5, 0.6) is 0 Å². The number of carbonyl (C=O) groups excluding carboxylic acids is 1. The van der Waals surface area contributed by atoms with Crippen LogP contribution in [0.2, 0.25) is 0 Å². The van der Waals surface area contributed by atoms with E-state index in [1.165, 1.54) is 7.11 Å². The molecule has 1 aromatic heterocycles. The maximum absolute atomic E-state index is 13.2. The Balaban J connectivity index is 3.52. The minimum Gasteiger partial charge on any atom is -0.467 e. The lowest BCUT2D eigenvalue weighted by Crippen LogP contribution is -2.33. The number of ether oxygens (including phenoxy) is 1. The van der Waals surface area contributed by atoms with Gasteiger partial charge in [0, 0.05) is 18.8 Å². The van der Waals surface area contributed by atoms with E-state index in [9.17, 15) is 22.8 Å². The fourth-order valence-electron chi connectivity index (χ4n) is 2.47. The SMILES string of the molecule is COC(=O)C(CC(C)C)n1cc(CN(C)C)c(C(F)(F)F)cc1=O. The van der Waals surface area contributed by atoms with Gasteiger partial charge in [0.1, 0.15) is 6.04 Å². The number of pyridine rings is 1. The molecule has 0 aliphatic carbocycles. The topological polar surface area (TPSA) is 51.5 Å². The van der Waals surface area contributed by atoms with Gasteiger partial charge in [0.2, 0.25) is 0 Å². The van der Waals surface area contributed by atoms with E-state index in [4.69, 9.17) is 4.74 Å². The molecule has 0 saturated heterocycles. The number of carbonyl (C=O) groups is 1. The molecule has 1 aromatic rings. The summed E-state index contributed by atoms with van der Waals surface area (Å²) in [5.41, 5.74) is -1.92. The van der Waals surface area contributed by atoms with Crippen molar-refractivity contribution in [1.29, 1.82) is 0 Å². The van der Waals surface area contributed by atoms with E-state index in [0.717, 1.165) is 10.8 Å². The predicted molar refractivity (Wildman–Crippen MR) is 83.6 cm³/mol. The van der Waals surface area contributed by atoms with Crippen LogP contribution in [0.25, 0.3) is 0 Å². The number of hydrogen-bond acceptors (Lipinski definition) is 4. The Kier molecular flexibility index (Phi) is 6.59. The summed E-state index contributed by atoms with van der Waals surface area (Å²) in [5.74, 6) is -0.595. The molecule has 1 atom stereocenters. The first-order chi connectivity index (χ1) is 11.0. The van der Waals surface area contributed by atoms with E-state index >= 15 is 0 Å². The standard InChI is InChI=1S/C16H23F3N2O3/c1-10(2)6-13(15(23)24-5)21-9-11(8-20(3)4)12(7-14(21)22)16(17,18)19/h7,9-10,13H,6,8H2,1-5H3. The lowest BCUT2D eigenvalue weighted by atomic mass is 10.0. The minimum atomic E-state index is -4.64. The molecular formula is C16H23F3N2O3. The minimum absolute atomic E-state index is 0.00923. The maximum atomic E-state index is 13.2. The molecule has 0 aromatic carbocycles. The number of esters is 1. The van der Waals surface area contributed by atoms with Crippen LogP contribution in [-0.2, 0) is 22.3 Å². The van der Waals surface area contributed by atoms with Gasteiger partial charge >= 0.3 is 12.1 Å². The van der Waals surface area contributed by atoms with Crippen LogP contribution < -0.4 is 5.56 Å². The van der Waals surface area contributed by atoms with Crippen LogP contribution in [0, 0.1) is 5.92 Å². The summed E-state index contributed by atoms with van der Waals surface area (Å²) in [4.78, 5) is 25.8. The van der Waals surface area contributed by atoms with Crippen molar-refractivity contribution in [2.45, 2.75) is 39.0 Å². The number of nitrogens with zero attached hydrogens (tertiary/aromatic N) is 2. The second kappa shape index (κ2) is 7.83. The fourth-order valence-corrected chi connectivity index (χ4v) is 2.47. The zero-order chi connectivity index (χ0) is 18.7. The summed E-state index contributed by atoms with van der Waals surface area (Å²) in [6, 6.07) is -0.402. The highest BCUT2D eigenvalue weighted by atomic mass is 19.4. The molecule has 8 heteroatoms. The molecule has 0 bridgehead atoms. The molecule has 1 heterocycles. The molecule has 1 unspecified atom stereocenters. The number of alkyl halides is 3. The molecule has 0 saturated carbocycles. The smallest absolute Gasteiger partial charge is 0.416 e. The molecule has 0 N–H and O–H groups in total.